The third-order valence-electron chi connectivity index (χ3n) is 2.80. The molecule has 94 valence electrons. The molecule has 1 aliphatic rings. The van der Waals surface area contributed by atoms with Gasteiger partial charge in [0.15, 0.2) is 9.84 Å². The van der Waals surface area contributed by atoms with E-state index in [9.17, 15) is 8.42 Å². The Morgan fingerprint density at radius 1 is 1.29 bits per heavy atom. The van der Waals surface area contributed by atoms with Crippen LogP contribution in [0.3, 0.4) is 0 Å². The summed E-state index contributed by atoms with van der Waals surface area (Å²) in [6, 6.07) is 7.27. The molecule has 1 N–H and O–H groups in total. The zero-order valence-electron chi connectivity index (χ0n) is 9.07. The van der Waals surface area contributed by atoms with Gasteiger partial charge < -0.3 is 5.32 Å². The first-order valence-electron chi connectivity index (χ1n) is 5.29. The molecule has 1 aromatic rings. The summed E-state index contributed by atoms with van der Waals surface area (Å²) in [5, 5.41) is 3.46. The number of hydrogen-bond donors (Lipinski definition) is 1. The Labute approximate surface area is 111 Å². The van der Waals surface area contributed by atoms with Gasteiger partial charge in [-0.3, -0.25) is 0 Å². The SMILES string of the molecule is O=S1(=O)C[C@H](NCc2ccccc2Cl)[C@@H](Cl)C1. The fourth-order valence-corrected chi connectivity index (χ4v) is 4.69. The molecular formula is C11H13Cl2NO2S. The van der Waals surface area contributed by atoms with E-state index in [2.05, 4.69) is 5.32 Å². The average Bonchev–Trinajstić information content (AvgIpc) is 2.51. The summed E-state index contributed by atoms with van der Waals surface area (Å²) in [5.74, 6) is 0.153. The highest BCUT2D eigenvalue weighted by atomic mass is 35.5. The number of alkyl halides is 1. The second-order valence-electron chi connectivity index (χ2n) is 4.17. The van der Waals surface area contributed by atoms with Gasteiger partial charge in [-0.05, 0) is 11.6 Å². The maximum absolute atomic E-state index is 11.4. The van der Waals surface area contributed by atoms with Gasteiger partial charge in [0, 0.05) is 17.6 Å². The molecule has 0 aliphatic carbocycles. The maximum Gasteiger partial charge on any atom is 0.153 e. The number of sulfone groups is 1. The lowest BCUT2D eigenvalue weighted by Crippen LogP contribution is -2.35. The molecule has 2 rings (SSSR count). The van der Waals surface area contributed by atoms with Crippen LogP contribution in [0.25, 0.3) is 0 Å². The van der Waals surface area contributed by atoms with Crippen LogP contribution in [0.15, 0.2) is 24.3 Å². The monoisotopic (exact) mass is 293 g/mol. The number of nitrogens with one attached hydrogen (secondary N) is 1. The fraction of sp³-hybridized carbons (Fsp3) is 0.455. The van der Waals surface area contributed by atoms with Crippen LogP contribution >= 0.6 is 23.2 Å². The Morgan fingerprint density at radius 3 is 2.59 bits per heavy atom. The summed E-state index contributed by atoms with van der Waals surface area (Å²) in [6.45, 7) is 0.531. The van der Waals surface area contributed by atoms with Gasteiger partial charge in [-0.25, -0.2) is 8.42 Å². The second-order valence-corrected chi connectivity index (χ2v) is 7.29. The van der Waals surface area contributed by atoms with Crippen molar-refractivity contribution in [1.82, 2.24) is 5.32 Å². The van der Waals surface area contributed by atoms with Crippen molar-refractivity contribution < 1.29 is 8.42 Å². The van der Waals surface area contributed by atoms with Crippen molar-refractivity contribution in [3.8, 4) is 0 Å². The van der Waals surface area contributed by atoms with Crippen molar-refractivity contribution in [2.75, 3.05) is 11.5 Å². The van der Waals surface area contributed by atoms with Crippen molar-refractivity contribution in [3.05, 3.63) is 34.9 Å². The smallest absolute Gasteiger partial charge is 0.153 e. The van der Waals surface area contributed by atoms with Crippen LogP contribution in [0.1, 0.15) is 5.56 Å². The van der Waals surface area contributed by atoms with Gasteiger partial charge in [-0.15, -0.1) is 11.6 Å². The van der Waals surface area contributed by atoms with Crippen molar-refractivity contribution in [2.24, 2.45) is 0 Å². The summed E-state index contributed by atoms with van der Waals surface area (Å²) >= 11 is 12.0. The third kappa shape index (κ3) is 3.35. The number of hydrogen-bond acceptors (Lipinski definition) is 3. The Kier molecular flexibility index (Phi) is 3.98. The average molecular weight is 294 g/mol. The van der Waals surface area contributed by atoms with Crippen LogP contribution < -0.4 is 5.32 Å². The van der Waals surface area contributed by atoms with Crippen LogP contribution in [0.5, 0.6) is 0 Å². The molecule has 0 saturated carbocycles. The van der Waals surface area contributed by atoms with E-state index in [1.54, 1.807) is 0 Å². The lowest BCUT2D eigenvalue weighted by atomic mass is 10.2. The van der Waals surface area contributed by atoms with Crippen LogP contribution in [0.2, 0.25) is 5.02 Å². The van der Waals surface area contributed by atoms with Gasteiger partial charge in [-0.2, -0.15) is 0 Å². The van der Waals surface area contributed by atoms with Gasteiger partial charge in [0.25, 0.3) is 0 Å². The Bertz CT molecular complexity index is 504. The van der Waals surface area contributed by atoms with Crippen LogP contribution in [-0.2, 0) is 16.4 Å². The molecule has 17 heavy (non-hydrogen) atoms. The van der Waals surface area contributed by atoms with Gasteiger partial charge >= 0.3 is 0 Å². The summed E-state index contributed by atoms with van der Waals surface area (Å²) in [4.78, 5) is 0. The molecule has 6 heteroatoms. The predicted octanol–water partition coefficient (Wildman–Crippen LogP) is 1.83. The van der Waals surface area contributed by atoms with E-state index in [1.165, 1.54) is 0 Å². The molecule has 0 aromatic heterocycles. The van der Waals surface area contributed by atoms with Crippen molar-refractivity contribution in [1.29, 1.82) is 0 Å². The summed E-state index contributed by atoms with van der Waals surface area (Å²) < 4.78 is 22.8. The van der Waals surface area contributed by atoms with Gasteiger partial charge in [0.1, 0.15) is 0 Å². The molecular weight excluding hydrogens is 281 g/mol. The lowest BCUT2D eigenvalue weighted by Gasteiger charge is -2.14. The summed E-state index contributed by atoms with van der Waals surface area (Å²) in [6.07, 6.45) is 0. The maximum atomic E-state index is 11.4. The Morgan fingerprint density at radius 2 is 2.00 bits per heavy atom. The number of benzene rings is 1. The van der Waals surface area contributed by atoms with E-state index < -0.39 is 9.84 Å². The van der Waals surface area contributed by atoms with E-state index in [0.717, 1.165) is 5.56 Å². The molecule has 1 saturated heterocycles. The molecule has 1 heterocycles. The van der Waals surface area contributed by atoms with E-state index in [1.807, 2.05) is 24.3 Å². The van der Waals surface area contributed by atoms with Gasteiger partial charge in [0.2, 0.25) is 0 Å². The minimum absolute atomic E-state index is 0.0503. The molecule has 1 aromatic carbocycles. The van der Waals surface area contributed by atoms with E-state index in [-0.39, 0.29) is 22.9 Å². The summed E-state index contributed by atoms with van der Waals surface area (Å²) in [7, 11) is -2.99. The molecule has 0 radical (unpaired) electrons. The molecule has 0 unspecified atom stereocenters. The topological polar surface area (TPSA) is 46.2 Å². The highest BCUT2D eigenvalue weighted by Crippen LogP contribution is 2.20. The molecule has 3 nitrogen and oxygen atoms in total. The Hall–Kier alpha value is -0.290. The van der Waals surface area contributed by atoms with Crippen LogP contribution in [-0.4, -0.2) is 31.3 Å². The van der Waals surface area contributed by atoms with Gasteiger partial charge in [0.05, 0.1) is 16.9 Å². The molecule has 1 fully saturated rings. The third-order valence-corrected chi connectivity index (χ3v) is 5.54. The predicted molar refractivity (Wildman–Crippen MR) is 70.4 cm³/mol. The first-order valence-corrected chi connectivity index (χ1v) is 7.93. The minimum Gasteiger partial charge on any atom is -0.307 e. The molecule has 2 atom stereocenters. The minimum atomic E-state index is -2.99. The Balaban J connectivity index is 1.98. The quantitative estimate of drug-likeness (QED) is 0.865. The molecule has 1 aliphatic heterocycles. The first kappa shape index (κ1) is 13.1. The van der Waals surface area contributed by atoms with Crippen molar-refractivity contribution >= 4 is 33.0 Å². The zero-order valence-corrected chi connectivity index (χ0v) is 11.4. The molecule has 0 bridgehead atoms. The highest BCUT2D eigenvalue weighted by molar-refractivity contribution is 7.91. The van der Waals surface area contributed by atoms with Crippen molar-refractivity contribution in [3.63, 3.8) is 0 Å². The van der Waals surface area contributed by atoms with Crippen molar-refractivity contribution in [2.45, 2.75) is 18.0 Å². The number of halogens is 2. The van der Waals surface area contributed by atoms with Gasteiger partial charge in [-0.1, -0.05) is 29.8 Å². The van der Waals surface area contributed by atoms with E-state index >= 15 is 0 Å². The van der Waals surface area contributed by atoms with Crippen LogP contribution in [0, 0.1) is 0 Å². The van der Waals surface area contributed by atoms with E-state index in [4.69, 9.17) is 23.2 Å². The fourth-order valence-electron chi connectivity index (χ4n) is 1.87. The summed E-state index contributed by atoms with van der Waals surface area (Å²) in [5.41, 5.74) is 0.947. The normalized spacial score (nSPS) is 27.2. The second kappa shape index (κ2) is 5.14. The molecule has 0 amide bonds. The van der Waals surface area contributed by atoms with Crippen LogP contribution in [0.4, 0.5) is 0 Å². The lowest BCUT2D eigenvalue weighted by molar-refractivity contribution is 0.558. The number of rotatable bonds is 3. The van der Waals surface area contributed by atoms with E-state index in [0.29, 0.717) is 11.6 Å². The standard InChI is InChI=1S/C11H13Cl2NO2S/c12-9-4-2-1-3-8(9)5-14-11-7-17(15,16)6-10(11)13/h1-4,10-11,14H,5-7H2/t10-,11-/m0/s1. The zero-order chi connectivity index (χ0) is 12.5. The molecule has 0 spiro atoms. The first-order chi connectivity index (χ1) is 7.98. The highest BCUT2D eigenvalue weighted by Gasteiger charge is 2.35. The largest absolute Gasteiger partial charge is 0.307 e.